The van der Waals surface area contributed by atoms with Crippen LogP contribution in [-0.4, -0.2) is 72.2 Å². The molecule has 5 nitrogen and oxygen atoms in total. The van der Waals surface area contributed by atoms with Crippen molar-refractivity contribution < 1.29 is 18.4 Å². The minimum Gasteiger partial charge on any atom is -0.341 e. The molecule has 2 aromatic rings. The molecule has 0 bridgehead atoms. The van der Waals surface area contributed by atoms with E-state index in [0.29, 0.717) is 44.1 Å². The van der Waals surface area contributed by atoms with Gasteiger partial charge in [-0.2, -0.15) is 0 Å². The maximum absolute atomic E-state index is 14.8. The van der Waals surface area contributed by atoms with Crippen LogP contribution in [0.1, 0.15) is 77.0 Å². The highest BCUT2D eigenvalue weighted by atomic mass is 35.5. The number of likely N-dealkylation sites (tertiary alicyclic amines) is 1. The summed E-state index contributed by atoms with van der Waals surface area (Å²) < 4.78 is 28.4. The smallest absolute Gasteiger partial charge is 0.227 e. The number of carbonyl (C=O) groups excluding carboxylic acids is 2. The zero-order chi connectivity index (χ0) is 30.3. The molecule has 0 spiro atoms. The fourth-order valence-corrected chi connectivity index (χ4v) is 5.84. The fourth-order valence-electron chi connectivity index (χ4n) is 5.71. The third kappa shape index (κ3) is 9.07. The third-order valence-electron chi connectivity index (χ3n) is 8.24. The van der Waals surface area contributed by atoms with Gasteiger partial charge in [-0.25, -0.2) is 8.78 Å². The number of amides is 1. The van der Waals surface area contributed by atoms with Crippen LogP contribution in [0.15, 0.2) is 42.5 Å². The second kappa shape index (κ2) is 14.7. The van der Waals surface area contributed by atoms with E-state index in [2.05, 4.69) is 49.8 Å². The predicted octanol–water partition coefficient (Wildman–Crippen LogP) is 6.96. The summed E-state index contributed by atoms with van der Waals surface area (Å²) in [4.78, 5) is 30.0. The highest BCUT2D eigenvalue weighted by Gasteiger charge is 2.44. The Hall–Kier alpha value is -2.35. The Morgan fingerprint density at radius 3 is 2.29 bits per heavy atom. The maximum atomic E-state index is 14.8. The van der Waals surface area contributed by atoms with E-state index in [1.165, 1.54) is 17.7 Å². The van der Waals surface area contributed by atoms with E-state index in [4.69, 9.17) is 11.6 Å². The fraction of sp³-hybridized carbons (Fsp3) is 0.576. The van der Waals surface area contributed by atoms with E-state index in [0.717, 1.165) is 36.8 Å². The Morgan fingerprint density at radius 1 is 1.05 bits per heavy atom. The first-order valence-corrected chi connectivity index (χ1v) is 15.1. The average molecular weight is 590 g/mol. The number of hydrogen-bond donors (Lipinski definition) is 0. The molecule has 4 rings (SSSR count). The molecular formula is C33H46ClF2N3O2. The number of halogens is 3. The van der Waals surface area contributed by atoms with Gasteiger partial charge in [-0.1, -0.05) is 43.6 Å². The van der Waals surface area contributed by atoms with Crippen LogP contribution in [0, 0.1) is 23.5 Å². The Morgan fingerprint density at radius 2 is 1.73 bits per heavy atom. The van der Waals surface area contributed by atoms with Crippen LogP contribution in [0.3, 0.4) is 0 Å². The van der Waals surface area contributed by atoms with Gasteiger partial charge >= 0.3 is 0 Å². The van der Waals surface area contributed by atoms with E-state index in [9.17, 15) is 18.4 Å². The van der Waals surface area contributed by atoms with E-state index in [-0.39, 0.29) is 29.3 Å². The van der Waals surface area contributed by atoms with Crippen LogP contribution in [0.2, 0.25) is 5.02 Å². The lowest BCUT2D eigenvalue weighted by molar-refractivity contribution is -0.136. The molecule has 2 aromatic carbocycles. The largest absolute Gasteiger partial charge is 0.341 e. The minimum atomic E-state index is -0.596. The number of carbonyl (C=O) groups is 2. The highest BCUT2D eigenvalue weighted by Crippen LogP contribution is 2.39. The lowest BCUT2D eigenvalue weighted by Gasteiger charge is -2.36. The van der Waals surface area contributed by atoms with Crippen LogP contribution >= 0.6 is 11.6 Å². The van der Waals surface area contributed by atoms with Crippen molar-refractivity contribution in [2.24, 2.45) is 11.8 Å². The summed E-state index contributed by atoms with van der Waals surface area (Å²) in [6, 6.07) is 12.0. The molecule has 2 fully saturated rings. The van der Waals surface area contributed by atoms with Crippen molar-refractivity contribution in [3.8, 4) is 0 Å². The zero-order valence-electron chi connectivity index (χ0n) is 25.4. The predicted molar refractivity (Wildman–Crippen MR) is 162 cm³/mol. The molecule has 1 unspecified atom stereocenters. The molecule has 0 N–H and O–H groups in total. The summed E-state index contributed by atoms with van der Waals surface area (Å²) in [7, 11) is 2.10. The van der Waals surface area contributed by atoms with Crippen molar-refractivity contribution in [1.29, 1.82) is 0 Å². The quantitative estimate of drug-likeness (QED) is 0.354. The maximum Gasteiger partial charge on any atom is 0.227 e. The molecular weight excluding hydrogens is 544 g/mol. The van der Waals surface area contributed by atoms with Crippen molar-refractivity contribution in [1.82, 2.24) is 14.7 Å². The lowest BCUT2D eigenvalue weighted by Crippen LogP contribution is -2.46. The van der Waals surface area contributed by atoms with Crippen molar-refractivity contribution in [2.45, 2.75) is 71.4 Å². The summed E-state index contributed by atoms with van der Waals surface area (Å²) in [5.74, 6) is -1.21. The van der Waals surface area contributed by atoms with Gasteiger partial charge < -0.3 is 9.69 Å². The van der Waals surface area contributed by atoms with Crippen LogP contribution < -0.4 is 0 Å². The standard InChI is InChI=1S/C28H36ClF2N3O.C5H10O/c1-28(2,3)34-17-23(22-12-11-21(30)16-25(22)31)24(18-34)27(35)33-13-5-6-26(32(4)14-15-33)19-7-9-20(29)10-8-19;1-5(2)3-4-6/h7-12,16,23-24,26H,5-6,13-15,17-18H2,1-4H3;4-5H,3H2,1-2H3/t23-,24?,26-;/m0./s1. The van der Waals surface area contributed by atoms with Gasteiger partial charge in [0, 0.05) is 67.7 Å². The van der Waals surface area contributed by atoms with E-state index in [1.807, 2.05) is 30.9 Å². The first-order chi connectivity index (χ1) is 19.3. The molecule has 2 aliphatic rings. The van der Waals surface area contributed by atoms with Crippen molar-refractivity contribution in [3.63, 3.8) is 0 Å². The minimum absolute atomic E-state index is 0.0730. The van der Waals surface area contributed by atoms with Gasteiger partial charge in [-0.15, -0.1) is 0 Å². The first-order valence-electron chi connectivity index (χ1n) is 14.7. The van der Waals surface area contributed by atoms with Gasteiger partial charge in [0.2, 0.25) is 5.91 Å². The van der Waals surface area contributed by atoms with Gasteiger partial charge in [0.25, 0.3) is 0 Å². The van der Waals surface area contributed by atoms with Gasteiger partial charge in [0.05, 0.1) is 5.92 Å². The number of hydrogen-bond acceptors (Lipinski definition) is 4. The Labute approximate surface area is 249 Å². The summed E-state index contributed by atoms with van der Waals surface area (Å²) in [6.45, 7) is 13.6. The molecule has 0 radical (unpaired) electrons. The Kier molecular flexibility index (Phi) is 11.9. The molecule has 0 aliphatic carbocycles. The third-order valence-corrected chi connectivity index (χ3v) is 8.49. The van der Waals surface area contributed by atoms with Crippen LogP contribution in [-0.2, 0) is 9.59 Å². The molecule has 8 heteroatoms. The molecule has 3 atom stereocenters. The molecule has 226 valence electrons. The average Bonchev–Trinajstić information content (AvgIpc) is 3.33. The normalized spacial score (nSPS) is 22.6. The molecule has 0 saturated carbocycles. The van der Waals surface area contributed by atoms with Crippen LogP contribution in [0.5, 0.6) is 0 Å². The van der Waals surface area contributed by atoms with E-state index in [1.54, 1.807) is 0 Å². The molecule has 0 aromatic heterocycles. The number of nitrogens with zero attached hydrogens (tertiary/aromatic N) is 3. The van der Waals surface area contributed by atoms with Crippen molar-refractivity contribution in [3.05, 3.63) is 70.2 Å². The Bertz CT molecular complexity index is 1150. The summed E-state index contributed by atoms with van der Waals surface area (Å²) in [5.41, 5.74) is 1.52. The number of rotatable bonds is 5. The van der Waals surface area contributed by atoms with Crippen LogP contribution in [0.4, 0.5) is 8.78 Å². The molecule has 2 heterocycles. The Balaban J connectivity index is 0.000000696. The topological polar surface area (TPSA) is 43.9 Å². The summed E-state index contributed by atoms with van der Waals surface area (Å²) in [5, 5.41) is 0.729. The second-order valence-corrected chi connectivity index (χ2v) is 13.2. The van der Waals surface area contributed by atoms with Gasteiger partial charge in [-0.3, -0.25) is 14.6 Å². The first kappa shape index (κ1) is 33.2. The monoisotopic (exact) mass is 589 g/mol. The van der Waals surface area contributed by atoms with E-state index < -0.39 is 11.6 Å². The number of benzene rings is 2. The van der Waals surface area contributed by atoms with Crippen molar-refractivity contribution >= 4 is 23.8 Å². The molecule has 2 saturated heterocycles. The molecule has 2 aliphatic heterocycles. The number of aldehydes is 1. The molecule has 41 heavy (non-hydrogen) atoms. The van der Waals surface area contributed by atoms with Crippen molar-refractivity contribution in [2.75, 3.05) is 39.8 Å². The summed E-state index contributed by atoms with van der Waals surface area (Å²) in [6.07, 6.45) is 3.47. The number of likely N-dealkylation sites (N-methyl/N-ethyl adjacent to an activating group) is 1. The van der Waals surface area contributed by atoms with Gasteiger partial charge in [-0.05, 0) is 75.9 Å². The summed E-state index contributed by atoms with van der Waals surface area (Å²) >= 11 is 6.07. The van der Waals surface area contributed by atoms with Gasteiger partial charge in [0.15, 0.2) is 0 Å². The SMILES string of the molecule is CC(C)CC=O.CN1CCN(C(=O)C2CN(C(C)(C)C)C[C@H]2c2ccc(F)cc2F)CCC[C@H]1c1ccc(Cl)cc1. The molecule has 1 amide bonds. The van der Waals surface area contributed by atoms with Crippen LogP contribution in [0.25, 0.3) is 0 Å². The zero-order valence-corrected chi connectivity index (χ0v) is 26.1. The lowest BCUT2D eigenvalue weighted by atomic mass is 9.87. The van der Waals surface area contributed by atoms with Gasteiger partial charge in [0.1, 0.15) is 17.9 Å². The highest BCUT2D eigenvalue weighted by molar-refractivity contribution is 6.30. The second-order valence-electron chi connectivity index (χ2n) is 12.8. The van der Waals surface area contributed by atoms with E-state index >= 15 is 0 Å².